The molecule has 24 heavy (non-hydrogen) atoms. The number of para-hydroxylation sites is 1. The van der Waals surface area contributed by atoms with Gasteiger partial charge in [-0.2, -0.15) is 0 Å². The average molecular weight is 335 g/mol. The summed E-state index contributed by atoms with van der Waals surface area (Å²) in [5.74, 6) is 2.25. The maximum absolute atomic E-state index is 5.68. The highest BCUT2D eigenvalue weighted by atomic mass is 16.5. The van der Waals surface area contributed by atoms with Crippen molar-refractivity contribution in [1.29, 1.82) is 0 Å². The van der Waals surface area contributed by atoms with Gasteiger partial charge in [-0.1, -0.05) is 18.2 Å². The fourth-order valence-corrected chi connectivity index (χ4v) is 2.42. The van der Waals surface area contributed by atoms with E-state index in [-0.39, 0.29) is 0 Å². The van der Waals surface area contributed by atoms with Gasteiger partial charge in [0.1, 0.15) is 12.4 Å². The molecule has 0 aromatic heterocycles. The molecule has 1 unspecified atom stereocenters. The summed E-state index contributed by atoms with van der Waals surface area (Å²) in [5.41, 5.74) is 0. The van der Waals surface area contributed by atoms with Gasteiger partial charge in [0, 0.05) is 32.7 Å². The van der Waals surface area contributed by atoms with Crippen molar-refractivity contribution in [3.8, 4) is 5.75 Å². The van der Waals surface area contributed by atoms with Gasteiger partial charge in [0.25, 0.3) is 0 Å². The molecule has 1 saturated heterocycles. The number of hydrogen-bond donors (Lipinski definition) is 2. The smallest absolute Gasteiger partial charge is 0.191 e. The summed E-state index contributed by atoms with van der Waals surface area (Å²) < 4.78 is 16.6. The highest BCUT2D eigenvalue weighted by Crippen LogP contribution is 2.12. The van der Waals surface area contributed by atoms with Crippen molar-refractivity contribution in [3.05, 3.63) is 30.3 Å². The van der Waals surface area contributed by atoms with Crippen molar-refractivity contribution in [2.24, 2.45) is 10.9 Å². The predicted molar refractivity (Wildman–Crippen MR) is 95.7 cm³/mol. The Bertz CT molecular complexity index is 462. The molecule has 1 fully saturated rings. The number of benzene rings is 1. The lowest BCUT2D eigenvalue weighted by Gasteiger charge is -2.13. The van der Waals surface area contributed by atoms with Crippen LogP contribution in [0.25, 0.3) is 0 Å². The number of guanidine groups is 1. The minimum Gasteiger partial charge on any atom is -0.492 e. The maximum atomic E-state index is 5.68. The molecule has 1 heterocycles. The second-order valence-electron chi connectivity index (χ2n) is 5.75. The summed E-state index contributed by atoms with van der Waals surface area (Å²) >= 11 is 0. The van der Waals surface area contributed by atoms with E-state index in [1.54, 1.807) is 7.05 Å². The van der Waals surface area contributed by atoms with Crippen LogP contribution in [0.4, 0.5) is 0 Å². The zero-order chi connectivity index (χ0) is 16.9. The first kappa shape index (κ1) is 18.5. The van der Waals surface area contributed by atoms with Gasteiger partial charge in [0.05, 0.1) is 19.8 Å². The molecule has 2 N–H and O–H groups in total. The van der Waals surface area contributed by atoms with E-state index in [9.17, 15) is 0 Å². The van der Waals surface area contributed by atoms with E-state index in [4.69, 9.17) is 14.2 Å². The molecule has 6 heteroatoms. The van der Waals surface area contributed by atoms with Crippen LogP contribution in [-0.2, 0) is 9.47 Å². The molecule has 0 aliphatic carbocycles. The SMILES string of the molecule is CN=C(NCCCOCC1CCOC1)NCCOc1ccccc1. The Morgan fingerprint density at radius 3 is 2.79 bits per heavy atom. The highest BCUT2D eigenvalue weighted by molar-refractivity contribution is 5.79. The summed E-state index contributed by atoms with van der Waals surface area (Å²) in [6.07, 6.45) is 2.08. The van der Waals surface area contributed by atoms with Gasteiger partial charge < -0.3 is 24.8 Å². The van der Waals surface area contributed by atoms with E-state index in [1.165, 1.54) is 0 Å². The first-order chi connectivity index (χ1) is 11.9. The van der Waals surface area contributed by atoms with Crippen LogP contribution in [0.3, 0.4) is 0 Å². The fourth-order valence-electron chi connectivity index (χ4n) is 2.42. The average Bonchev–Trinajstić information content (AvgIpc) is 3.14. The molecule has 6 nitrogen and oxygen atoms in total. The van der Waals surface area contributed by atoms with Crippen LogP contribution in [0, 0.1) is 5.92 Å². The van der Waals surface area contributed by atoms with Crippen LogP contribution in [0.1, 0.15) is 12.8 Å². The molecular formula is C18H29N3O3. The van der Waals surface area contributed by atoms with Gasteiger partial charge in [0.2, 0.25) is 0 Å². The highest BCUT2D eigenvalue weighted by Gasteiger charge is 2.15. The largest absolute Gasteiger partial charge is 0.492 e. The molecule has 1 aliphatic rings. The molecule has 1 atom stereocenters. The molecule has 0 radical (unpaired) electrons. The second-order valence-corrected chi connectivity index (χ2v) is 5.75. The van der Waals surface area contributed by atoms with Gasteiger partial charge in [-0.25, -0.2) is 0 Å². The third-order valence-electron chi connectivity index (χ3n) is 3.77. The van der Waals surface area contributed by atoms with E-state index in [2.05, 4.69) is 15.6 Å². The van der Waals surface area contributed by atoms with E-state index in [1.807, 2.05) is 30.3 Å². The van der Waals surface area contributed by atoms with Crippen LogP contribution in [0.15, 0.2) is 35.3 Å². The van der Waals surface area contributed by atoms with E-state index >= 15 is 0 Å². The van der Waals surface area contributed by atoms with Crippen molar-refractivity contribution in [1.82, 2.24) is 10.6 Å². The first-order valence-electron chi connectivity index (χ1n) is 8.66. The lowest BCUT2D eigenvalue weighted by atomic mass is 10.1. The molecule has 0 spiro atoms. The van der Waals surface area contributed by atoms with Gasteiger partial charge in [-0.05, 0) is 25.0 Å². The number of nitrogens with one attached hydrogen (secondary N) is 2. The van der Waals surface area contributed by atoms with Crippen molar-refractivity contribution in [2.45, 2.75) is 12.8 Å². The third-order valence-corrected chi connectivity index (χ3v) is 3.77. The summed E-state index contributed by atoms with van der Waals surface area (Å²) in [4.78, 5) is 4.19. The normalized spacial score (nSPS) is 17.7. The lowest BCUT2D eigenvalue weighted by molar-refractivity contribution is 0.0888. The Balaban J connectivity index is 1.45. The Labute approximate surface area is 144 Å². The van der Waals surface area contributed by atoms with Gasteiger partial charge in [-0.15, -0.1) is 0 Å². The summed E-state index contributed by atoms with van der Waals surface area (Å²) in [5, 5.41) is 6.51. The van der Waals surface area contributed by atoms with Crippen LogP contribution in [-0.4, -0.2) is 59.1 Å². The number of ether oxygens (including phenoxy) is 3. The fraction of sp³-hybridized carbons (Fsp3) is 0.611. The van der Waals surface area contributed by atoms with Crippen LogP contribution >= 0.6 is 0 Å². The monoisotopic (exact) mass is 335 g/mol. The molecule has 134 valence electrons. The van der Waals surface area contributed by atoms with Crippen molar-refractivity contribution < 1.29 is 14.2 Å². The van der Waals surface area contributed by atoms with Gasteiger partial charge >= 0.3 is 0 Å². The molecule has 0 amide bonds. The van der Waals surface area contributed by atoms with E-state index in [0.717, 1.165) is 57.5 Å². The number of nitrogens with zero attached hydrogens (tertiary/aromatic N) is 1. The first-order valence-corrected chi connectivity index (χ1v) is 8.66. The Kier molecular flexibility index (Phi) is 9.04. The standard InChI is InChI=1S/C18H29N3O3/c1-19-18(21-10-13-24-17-6-3-2-4-7-17)20-9-5-11-22-14-16-8-12-23-15-16/h2-4,6-7,16H,5,8-15H2,1H3,(H2,19,20,21). The van der Waals surface area contributed by atoms with Crippen molar-refractivity contribution >= 4 is 5.96 Å². The quantitative estimate of drug-likeness (QED) is 0.387. The van der Waals surface area contributed by atoms with E-state index < -0.39 is 0 Å². The van der Waals surface area contributed by atoms with Crippen molar-refractivity contribution in [2.75, 3.05) is 53.2 Å². The maximum Gasteiger partial charge on any atom is 0.191 e. The minimum absolute atomic E-state index is 0.581. The second kappa shape index (κ2) is 11.7. The van der Waals surface area contributed by atoms with Crippen molar-refractivity contribution in [3.63, 3.8) is 0 Å². The third kappa shape index (κ3) is 7.66. The lowest BCUT2D eigenvalue weighted by Crippen LogP contribution is -2.39. The number of aliphatic imine (C=N–C) groups is 1. The molecule has 0 bridgehead atoms. The van der Waals surface area contributed by atoms with Gasteiger partial charge in [-0.3, -0.25) is 4.99 Å². The Hall–Kier alpha value is -1.79. The van der Waals surface area contributed by atoms with E-state index in [0.29, 0.717) is 19.1 Å². The number of hydrogen-bond acceptors (Lipinski definition) is 4. The molecule has 1 aliphatic heterocycles. The Morgan fingerprint density at radius 1 is 1.21 bits per heavy atom. The van der Waals surface area contributed by atoms with Crippen LogP contribution in [0.5, 0.6) is 5.75 Å². The summed E-state index contributed by atoms with van der Waals surface area (Å²) in [6.45, 7) is 5.43. The summed E-state index contributed by atoms with van der Waals surface area (Å²) in [7, 11) is 1.77. The topological polar surface area (TPSA) is 64.1 Å². The van der Waals surface area contributed by atoms with Gasteiger partial charge in [0.15, 0.2) is 5.96 Å². The van der Waals surface area contributed by atoms with Crippen LogP contribution < -0.4 is 15.4 Å². The Morgan fingerprint density at radius 2 is 2.04 bits per heavy atom. The molecule has 1 aromatic carbocycles. The molecule has 2 rings (SSSR count). The predicted octanol–water partition coefficient (Wildman–Crippen LogP) is 1.67. The molecular weight excluding hydrogens is 306 g/mol. The van der Waals surface area contributed by atoms with Crippen LogP contribution in [0.2, 0.25) is 0 Å². The summed E-state index contributed by atoms with van der Waals surface area (Å²) in [6, 6.07) is 9.80. The zero-order valence-electron chi connectivity index (χ0n) is 14.5. The zero-order valence-corrected chi connectivity index (χ0v) is 14.5. The molecule has 0 saturated carbocycles. The molecule has 1 aromatic rings. The number of rotatable bonds is 10. The minimum atomic E-state index is 0.581.